The first-order chi connectivity index (χ1) is 5.46. The van der Waals surface area contributed by atoms with Crippen LogP contribution in [0.25, 0.3) is 0 Å². The minimum Gasteiger partial charge on any atom is -0.288 e. The van der Waals surface area contributed by atoms with Crippen LogP contribution in [-0.2, 0) is 0 Å². The quantitative estimate of drug-likeness (QED) is 0.627. The van der Waals surface area contributed by atoms with Gasteiger partial charge in [-0.1, -0.05) is 13.8 Å². The fourth-order valence-corrected chi connectivity index (χ4v) is 1.91. The van der Waals surface area contributed by atoms with E-state index in [0.717, 1.165) is 0 Å². The number of nitriles is 1. The molecule has 1 atom stereocenters. The van der Waals surface area contributed by atoms with E-state index < -0.39 is 0 Å². The lowest BCUT2D eigenvalue weighted by Crippen LogP contribution is -2.49. The van der Waals surface area contributed by atoms with Crippen LogP contribution in [-0.4, -0.2) is 24.0 Å². The molecule has 0 aromatic heterocycles. The Balaban J connectivity index is 2.39. The van der Waals surface area contributed by atoms with E-state index >= 15 is 0 Å². The van der Waals surface area contributed by atoms with Gasteiger partial charge in [0.25, 0.3) is 0 Å². The SMILES string of the molecule is CC(C#N)N(C)C1CC(C)(C)C1. The van der Waals surface area contributed by atoms with E-state index in [4.69, 9.17) is 5.26 Å². The van der Waals surface area contributed by atoms with E-state index in [1.807, 2.05) is 14.0 Å². The van der Waals surface area contributed by atoms with Crippen LogP contribution in [0.5, 0.6) is 0 Å². The number of nitrogens with zero attached hydrogens (tertiary/aromatic N) is 2. The van der Waals surface area contributed by atoms with Gasteiger partial charge in [0.2, 0.25) is 0 Å². The highest BCUT2D eigenvalue weighted by Gasteiger charge is 2.39. The molecule has 1 saturated carbocycles. The molecule has 1 aliphatic carbocycles. The van der Waals surface area contributed by atoms with Crippen LogP contribution in [0.4, 0.5) is 0 Å². The van der Waals surface area contributed by atoms with Crippen molar-refractivity contribution in [1.82, 2.24) is 4.90 Å². The Bertz CT molecular complexity index is 194. The lowest BCUT2D eigenvalue weighted by molar-refractivity contribution is 0.0323. The van der Waals surface area contributed by atoms with Gasteiger partial charge in [0, 0.05) is 6.04 Å². The van der Waals surface area contributed by atoms with Crippen LogP contribution in [0.2, 0.25) is 0 Å². The number of rotatable bonds is 2. The van der Waals surface area contributed by atoms with Gasteiger partial charge >= 0.3 is 0 Å². The monoisotopic (exact) mass is 166 g/mol. The summed E-state index contributed by atoms with van der Waals surface area (Å²) in [5.74, 6) is 0. The van der Waals surface area contributed by atoms with Crippen molar-refractivity contribution in [2.24, 2.45) is 5.41 Å². The molecule has 0 N–H and O–H groups in total. The van der Waals surface area contributed by atoms with Gasteiger partial charge in [-0.2, -0.15) is 5.26 Å². The van der Waals surface area contributed by atoms with Crippen LogP contribution < -0.4 is 0 Å². The van der Waals surface area contributed by atoms with Crippen molar-refractivity contribution in [3.63, 3.8) is 0 Å². The Morgan fingerprint density at radius 3 is 2.33 bits per heavy atom. The molecule has 68 valence electrons. The van der Waals surface area contributed by atoms with Crippen molar-refractivity contribution in [1.29, 1.82) is 5.26 Å². The fraction of sp³-hybridized carbons (Fsp3) is 0.900. The second-order valence-electron chi connectivity index (χ2n) is 4.70. The normalized spacial score (nSPS) is 24.7. The summed E-state index contributed by atoms with van der Waals surface area (Å²) >= 11 is 0. The topological polar surface area (TPSA) is 27.0 Å². The predicted molar refractivity (Wildman–Crippen MR) is 49.6 cm³/mol. The highest BCUT2D eigenvalue weighted by Crippen LogP contribution is 2.42. The third-order valence-electron chi connectivity index (χ3n) is 2.95. The second kappa shape index (κ2) is 3.06. The minimum atomic E-state index is 0.0612. The summed E-state index contributed by atoms with van der Waals surface area (Å²) in [6.07, 6.45) is 2.46. The Labute approximate surface area is 75.2 Å². The number of hydrogen-bond donors (Lipinski definition) is 0. The molecule has 0 aliphatic heterocycles. The lowest BCUT2D eigenvalue weighted by atomic mass is 9.68. The van der Waals surface area contributed by atoms with E-state index in [0.29, 0.717) is 11.5 Å². The first-order valence-electron chi connectivity index (χ1n) is 4.58. The molecule has 0 spiro atoms. The third kappa shape index (κ3) is 1.78. The first-order valence-corrected chi connectivity index (χ1v) is 4.58. The van der Waals surface area contributed by atoms with Gasteiger partial charge in [0.05, 0.1) is 12.1 Å². The predicted octanol–water partition coefficient (Wildman–Crippen LogP) is 2.02. The molecule has 2 nitrogen and oxygen atoms in total. The Kier molecular flexibility index (Phi) is 2.44. The Hall–Kier alpha value is -0.550. The highest BCUT2D eigenvalue weighted by atomic mass is 15.2. The molecule has 0 bridgehead atoms. The van der Waals surface area contributed by atoms with Crippen LogP contribution in [0.1, 0.15) is 33.6 Å². The minimum absolute atomic E-state index is 0.0612. The molecule has 2 heteroatoms. The molecule has 1 aliphatic rings. The summed E-state index contributed by atoms with van der Waals surface area (Å²) in [4.78, 5) is 2.19. The maximum absolute atomic E-state index is 8.71. The molecule has 1 unspecified atom stereocenters. The zero-order chi connectivity index (χ0) is 9.35. The van der Waals surface area contributed by atoms with Gasteiger partial charge in [-0.05, 0) is 32.2 Å². The van der Waals surface area contributed by atoms with Crippen molar-refractivity contribution >= 4 is 0 Å². The molecule has 1 fully saturated rings. The Morgan fingerprint density at radius 2 is 2.00 bits per heavy atom. The molecule has 0 saturated heterocycles. The largest absolute Gasteiger partial charge is 0.288 e. The van der Waals surface area contributed by atoms with Gasteiger partial charge in [0.15, 0.2) is 0 Å². The molecule has 1 rings (SSSR count). The average Bonchev–Trinajstić information content (AvgIpc) is 1.97. The fourth-order valence-electron chi connectivity index (χ4n) is 1.91. The van der Waals surface area contributed by atoms with Crippen LogP contribution >= 0.6 is 0 Å². The summed E-state index contributed by atoms with van der Waals surface area (Å²) in [6.45, 7) is 6.54. The standard InChI is InChI=1S/C10H18N2/c1-8(7-11)12(4)9-5-10(2,3)6-9/h8-9H,5-6H2,1-4H3. The highest BCUT2D eigenvalue weighted by molar-refractivity contribution is 4.97. The van der Waals surface area contributed by atoms with Gasteiger partial charge in [-0.3, -0.25) is 4.90 Å². The zero-order valence-electron chi connectivity index (χ0n) is 8.46. The van der Waals surface area contributed by atoms with E-state index in [1.54, 1.807) is 0 Å². The van der Waals surface area contributed by atoms with Crippen molar-refractivity contribution in [3.05, 3.63) is 0 Å². The maximum Gasteiger partial charge on any atom is 0.0949 e. The van der Waals surface area contributed by atoms with Gasteiger partial charge < -0.3 is 0 Å². The third-order valence-corrected chi connectivity index (χ3v) is 2.95. The smallest absolute Gasteiger partial charge is 0.0949 e. The molecule has 12 heavy (non-hydrogen) atoms. The van der Waals surface area contributed by atoms with Crippen LogP contribution in [0, 0.1) is 16.7 Å². The summed E-state index contributed by atoms with van der Waals surface area (Å²) in [7, 11) is 2.05. The summed E-state index contributed by atoms with van der Waals surface area (Å²) in [5.41, 5.74) is 0.508. The number of hydrogen-bond acceptors (Lipinski definition) is 2. The first kappa shape index (κ1) is 9.54. The zero-order valence-corrected chi connectivity index (χ0v) is 8.46. The van der Waals surface area contributed by atoms with E-state index in [1.165, 1.54) is 12.8 Å². The average molecular weight is 166 g/mol. The van der Waals surface area contributed by atoms with E-state index in [9.17, 15) is 0 Å². The second-order valence-corrected chi connectivity index (χ2v) is 4.70. The van der Waals surface area contributed by atoms with E-state index in [-0.39, 0.29) is 6.04 Å². The molecule has 0 radical (unpaired) electrons. The summed E-state index contributed by atoms with van der Waals surface area (Å²) in [5, 5.41) is 8.71. The maximum atomic E-state index is 8.71. The molecule has 0 heterocycles. The van der Waals surface area contributed by atoms with Crippen LogP contribution in [0.3, 0.4) is 0 Å². The summed E-state index contributed by atoms with van der Waals surface area (Å²) in [6, 6.07) is 2.96. The van der Waals surface area contributed by atoms with Gasteiger partial charge in [0.1, 0.15) is 0 Å². The van der Waals surface area contributed by atoms with E-state index in [2.05, 4.69) is 24.8 Å². The lowest BCUT2D eigenvalue weighted by Gasteiger charge is -2.47. The summed E-state index contributed by atoms with van der Waals surface area (Å²) < 4.78 is 0. The van der Waals surface area contributed by atoms with Crippen LogP contribution in [0.15, 0.2) is 0 Å². The molecular formula is C10H18N2. The molecule has 0 aromatic carbocycles. The molecular weight excluding hydrogens is 148 g/mol. The van der Waals surface area contributed by atoms with Crippen molar-refractivity contribution in [2.75, 3.05) is 7.05 Å². The van der Waals surface area contributed by atoms with Gasteiger partial charge in [-0.25, -0.2) is 0 Å². The Morgan fingerprint density at radius 1 is 1.50 bits per heavy atom. The molecule has 0 aromatic rings. The van der Waals surface area contributed by atoms with Crippen molar-refractivity contribution in [3.8, 4) is 6.07 Å². The molecule has 0 amide bonds. The van der Waals surface area contributed by atoms with Crippen molar-refractivity contribution in [2.45, 2.75) is 45.7 Å². The van der Waals surface area contributed by atoms with Gasteiger partial charge in [-0.15, -0.1) is 0 Å². The van der Waals surface area contributed by atoms with Crippen molar-refractivity contribution < 1.29 is 0 Å².